The van der Waals surface area contributed by atoms with Gasteiger partial charge in [0.15, 0.2) is 0 Å². The molecule has 1 aliphatic carbocycles. The van der Waals surface area contributed by atoms with E-state index < -0.39 is 0 Å². The average Bonchev–Trinajstić information content (AvgIpc) is 3.08. The van der Waals surface area contributed by atoms with Gasteiger partial charge in [0.1, 0.15) is 11.5 Å². The summed E-state index contributed by atoms with van der Waals surface area (Å²) in [7, 11) is 3.44. The van der Waals surface area contributed by atoms with Crippen LogP contribution in [0.3, 0.4) is 0 Å². The quantitative estimate of drug-likeness (QED) is 0.652. The lowest BCUT2D eigenvalue weighted by Crippen LogP contribution is -1.97. The molecule has 0 saturated heterocycles. The first kappa shape index (κ1) is 14.3. The fraction of sp³-hybridized carbons (Fsp3) is 0.200. The van der Waals surface area contributed by atoms with Crippen LogP contribution in [0.1, 0.15) is 22.9 Å². The van der Waals surface area contributed by atoms with Gasteiger partial charge in [-0.2, -0.15) is 0 Å². The first-order chi connectivity index (χ1) is 11.2. The minimum Gasteiger partial charge on any atom is -0.496 e. The normalized spacial score (nSPS) is 13.5. The molecule has 0 amide bonds. The summed E-state index contributed by atoms with van der Waals surface area (Å²) < 4.78 is 12.6. The van der Waals surface area contributed by atoms with Crippen molar-refractivity contribution in [3.05, 3.63) is 64.0 Å². The number of ether oxygens (including phenoxy) is 2. The molecule has 4 rings (SSSR count). The Morgan fingerprint density at radius 3 is 2.26 bits per heavy atom. The van der Waals surface area contributed by atoms with Gasteiger partial charge in [-0.3, -0.25) is 0 Å². The maximum absolute atomic E-state index is 5.64. The van der Waals surface area contributed by atoms with E-state index in [1.807, 2.05) is 29.5 Å². The Kier molecular flexibility index (Phi) is 3.38. The Morgan fingerprint density at radius 1 is 0.870 bits per heavy atom. The molecule has 116 valence electrons. The molecule has 0 fully saturated rings. The molecule has 1 aliphatic rings. The molecule has 1 aromatic heterocycles. The Bertz CT molecular complexity index is 912. The summed E-state index contributed by atoms with van der Waals surface area (Å²) >= 11 is 1.89. The summed E-state index contributed by atoms with van der Waals surface area (Å²) in [6, 6.07) is 14.6. The van der Waals surface area contributed by atoms with Crippen LogP contribution in [-0.4, -0.2) is 14.2 Å². The van der Waals surface area contributed by atoms with Crippen LogP contribution < -0.4 is 9.47 Å². The largest absolute Gasteiger partial charge is 0.496 e. The molecule has 0 aliphatic heterocycles. The highest BCUT2D eigenvalue weighted by Gasteiger charge is 2.28. The lowest BCUT2D eigenvalue weighted by molar-refractivity contribution is 0.392. The Morgan fingerprint density at radius 2 is 1.57 bits per heavy atom. The fourth-order valence-electron chi connectivity index (χ4n) is 3.47. The fourth-order valence-corrected chi connectivity index (χ4v) is 4.77. The number of fused-ring (bicyclic) bond motifs is 3. The van der Waals surface area contributed by atoms with Gasteiger partial charge in [0, 0.05) is 26.9 Å². The summed E-state index contributed by atoms with van der Waals surface area (Å²) in [5.41, 5.74) is 5.06. The molecule has 0 spiro atoms. The van der Waals surface area contributed by atoms with Crippen LogP contribution in [0.2, 0.25) is 0 Å². The lowest BCUT2D eigenvalue weighted by atomic mass is 9.95. The second-order valence-electron chi connectivity index (χ2n) is 5.77. The van der Waals surface area contributed by atoms with Gasteiger partial charge in [-0.15, -0.1) is 11.3 Å². The van der Waals surface area contributed by atoms with Crippen molar-refractivity contribution in [2.75, 3.05) is 14.2 Å². The number of rotatable bonds is 3. The van der Waals surface area contributed by atoms with Crippen LogP contribution in [0.4, 0.5) is 0 Å². The third kappa shape index (κ3) is 2.07. The van der Waals surface area contributed by atoms with Crippen LogP contribution in [0, 0.1) is 0 Å². The maximum atomic E-state index is 5.64. The second-order valence-corrected chi connectivity index (χ2v) is 6.90. The zero-order chi connectivity index (χ0) is 16.0. The average molecular weight is 322 g/mol. The topological polar surface area (TPSA) is 18.5 Å². The summed E-state index contributed by atoms with van der Waals surface area (Å²) in [6.07, 6.45) is 1.01. The molecule has 0 atom stereocenters. The van der Waals surface area contributed by atoms with Crippen LogP contribution in [0.5, 0.6) is 11.5 Å². The molecule has 0 saturated carbocycles. The molecular formula is C20H18O2S. The SMILES string of the molecule is COc1cccc(OC)c1C1=C(C)Cc2sc3ccccc3c21. The summed E-state index contributed by atoms with van der Waals surface area (Å²) in [5, 5.41) is 1.33. The highest BCUT2D eigenvalue weighted by atomic mass is 32.1. The molecule has 0 unspecified atom stereocenters. The van der Waals surface area contributed by atoms with Crippen LogP contribution >= 0.6 is 11.3 Å². The molecule has 0 N–H and O–H groups in total. The summed E-state index contributed by atoms with van der Waals surface area (Å²) in [6.45, 7) is 2.21. The predicted molar refractivity (Wildman–Crippen MR) is 96.8 cm³/mol. The van der Waals surface area contributed by atoms with Crippen molar-refractivity contribution >= 4 is 27.0 Å². The van der Waals surface area contributed by atoms with Crippen LogP contribution in [-0.2, 0) is 6.42 Å². The molecular weight excluding hydrogens is 304 g/mol. The summed E-state index contributed by atoms with van der Waals surface area (Å²) in [4.78, 5) is 1.44. The second kappa shape index (κ2) is 5.43. The first-order valence-electron chi connectivity index (χ1n) is 7.66. The third-order valence-corrected chi connectivity index (χ3v) is 5.62. The first-order valence-corrected chi connectivity index (χ1v) is 8.48. The van der Waals surface area contributed by atoms with Gasteiger partial charge in [-0.1, -0.05) is 29.8 Å². The Hall–Kier alpha value is -2.26. The van der Waals surface area contributed by atoms with Crippen LogP contribution in [0.15, 0.2) is 48.0 Å². The molecule has 1 heterocycles. The van der Waals surface area contributed by atoms with Crippen LogP contribution in [0.25, 0.3) is 15.7 Å². The molecule has 3 heteroatoms. The zero-order valence-electron chi connectivity index (χ0n) is 13.5. The molecule has 2 nitrogen and oxygen atoms in total. The monoisotopic (exact) mass is 322 g/mol. The van der Waals surface area contributed by atoms with Crippen molar-refractivity contribution in [2.45, 2.75) is 13.3 Å². The van der Waals surface area contributed by atoms with E-state index in [-0.39, 0.29) is 0 Å². The Balaban J connectivity index is 2.04. The number of thiophene rings is 1. The van der Waals surface area contributed by atoms with E-state index in [1.165, 1.54) is 31.7 Å². The highest BCUT2D eigenvalue weighted by molar-refractivity contribution is 7.19. The predicted octanol–water partition coefficient (Wildman–Crippen LogP) is 5.30. The molecule has 0 bridgehead atoms. The molecule has 23 heavy (non-hydrogen) atoms. The molecule has 0 radical (unpaired) electrons. The number of hydrogen-bond donors (Lipinski definition) is 0. The van der Waals surface area contributed by atoms with Gasteiger partial charge >= 0.3 is 0 Å². The standard InChI is InChI=1S/C20H18O2S/c1-12-11-17-19(13-7-4-5-10-16(13)23-17)18(12)20-14(21-2)8-6-9-15(20)22-3/h4-10H,11H2,1-3H3. The van der Waals surface area contributed by atoms with E-state index in [0.717, 1.165) is 23.5 Å². The maximum Gasteiger partial charge on any atom is 0.130 e. The van der Waals surface area contributed by atoms with E-state index in [4.69, 9.17) is 9.47 Å². The van der Waals surface area contributed by atoms with Crippen molar-refractivity contribution in [1.29, 1.82) is 0 Å². The van der Waals surface area contributed by atoms with Gasteiger partial charge < -0.3 is 9.47 Å². The van der Waals surface area contributed by atoms with E-state index in [2.05, 4.69) is 31.2 Å². The van der Waals surface area contributed by atoms with Gasteiger partial charge in [-0.25, -0.2) is 0 Å². The minimum absolute atomic E-state index is 0.863. The lowest BCUT2D eigenvalue weighted by Gasteiger charge is -2.16. The van der Waals surface area contributed by atoms with Crippen molar-refractivity contribution in [3.8, 4) is 11.5 Å². The van der Waals surface area contributed by atoms with Gasteiger partial charge in [0.2, 0.25) is 0 Å². The molecule has 3 aromatic rings. The van der Waals surface area contributed by atoms with E-state index in [1.54, 1.807) is 14.2 Å². The third-order valence-electron chi connectivity index (χ3n) is 4.45. The number of allylic oxidation sites excluding steroid dienone is 1. The van der Waals surface area contributed by atoms with E-state index in [0.29, 0.717) is 0 Å². The number of benzene rings is 2. The van der Waals surface area contributed by atoms with Gasteiger partial charge in [0.25, 0.3) is 0 Å². The smallest absolute Gasteiger partial charge is 0.130 e. The number of hydrogen-bond acceptors (Lipinski definition) is 3. The van der Waals surface area contributed by atoms with Crippen molar-refractivity contribution < 1.29 is 9.47 Å². The molecule has 2 aromatic carbocycles. The van der Waals surface area contributed by atoms with Crippen molar-refractivity contribution in [3.63, 3.8) is 0 Å². The van der Waals surface area contributed by atoms with Gasteiger partial charge in [0.05, 0.1) is 19.8 Å². The zero-order valence-corrected chi connectivity index (χ0v) is 14.3. The van der Waals surface area contributed by atoms with Crippen molar-refractivity contribution in [1.82, 2.24) is 0 Å². The summed E-state index contributed by atoms with van der Waals surface area (Å²) in [5.74, 6) is 1.73. The minimum atomic E-state index is 0.863. The number of methoxy groups -OCH3 is 2. The van der Waals surface area contributed by atoms with Crippen molar-refractivity contribution in [2.24, 2.45) is 0 Å². The van der Waals surface area contributed by atoms with E-state index in [9.17, 15) is 0 Å². The van der Waals surface area contributed by atoms with Gasteiger partial charge in [-0.05, 0) is 30.7 Å². The highest BCUT2D eigenvalue weighted by Crippen LogP contribution is 2.50. The van der Waals surface area contributed by atoms with E-state index >= 15 is 0 Å². The Labute approximate surface area is 140 Å².